The Labute approximate surface area is 109 Å². The Morgan fingerprint density at radius 2 is 1.89 bits per heavy atom. The van der Waals surface area contributed by atoms with Crippen LogP contribution in [0.1, 0.15) is 58.8 Å². The largest absolute Gasteiger partial charge is 0.325 e. The molecule has 4 nitrogen and oxygen atoms in total. The molecule has 1 saturated carbocycles. The first-order valence-electron chi connectivity index (χ1n) is 7.19. The smallest absolute Gasteiger partial charge is 0.310 e. The summed E-state index contributed by atoms with van der Waals surface area (Å²) in [5, 5.41) is 2.51. The summed E-state index contributed by atoms with van der Waals surface area (Å²) in [6.07, 6.45) is 7.07. The van der Waals surface area contributed by atoms with Gasteiger partial charge in [-0.2, -0.15) is 0 Å². The molecule has 1 aliphatic carbocycles. The standard InChI is InChI=1S/C14H24N2O2/c1-11(2)7-6-10-16-13(18)15-12(17)14(16)8-4-3-5-9-14/h11H,3-10H2,1-2H3,(H,15,17,18). The molecule has 0 unspecified atom stereocenters. The highest BCUT2D eigenvalue weighted by atomic mass is 16.2. The van der Waals surface area contributed by atoms with Crippen LogP contribution in [0.25, 0.3) is 0 Å². The molecule has 2 aliphatic rings. The first-order chi connectivity index (χ1) is 8.56. The van der Waals surface area contributed by atoms with Gasteiger partial charge in [0.1, 0.15) is 5.54 Å². The summed E-state index contributed by atoms with van der Waals surface area (Å²) in [6.45, 7) is 5.09. The minimum atomic E-state index is -0.508. The molecule has 0 aromatic heterocycles. The zero-order chi connectivity index (χ0) is 13.2. The molecule has 0 aromatic carbocycles. The quantitative estimate of drug-likeness (QED) is 0.782. The van der Waals surface area contributed by atoms with Gasteiger partial charge in [-0.3, -0.25) is 10.1 Å². The molecule has 1 aliphatic heterocycles. The fourth-order valence-electron chi connectivity index (χ4n) is 3.20. The second-order valence-corrected chi connectivity index (χ2v) is 6.04. The van der Waals surface area contributed by atoms with E-state index in [4.69, 9.17) is 0 Å². The number of nitrogens with zero attached hydrogens (tertiary/aromatic N) is 1. The van der Waals surface area contributed by atoms with Crippen LogP contribution in [0, 0.1) is 5.92 Å². The number of imide groups is 1. The van der Waals surface area contributed by atoms with E-state index in [0.717, 1.165) is 45.1 Å². The predicted molar refractivity (Wildman–Crippen MR) is 70.1 cm³/mol. The maximum Gasteiger partial charge on any atom is 0.325 e. The zero-order valence-electron chi connectivity index (χ0n) is 11.5. The van der Waals surface area contributed by atoms with Crippen molar-refractivity contribution in [3.63, 3.8) is 0 Å². The topological polar surface area (TPSA) is 49.4 Å². The number of carbonyl (C=O) groups is 2. The Kier molecular flexibility index (Phi) is 3.93. The molecule has 3 amide bonds. The molecule has 2 rings (SSSR count). The van der Waals surface area contributed by atoms with E-state index in [1.54, 1.807) is 0 Å². The average molecular weight is 252 g/mol. The monoisotopic (exact) mass is 252 g/mol. The summed E-state index contributed by atoms with van der Waals surface area (Å²) in [5.74, 6) is 0.588. The number of carbonyl (C=O) groups excluding carboxylic acids is 2. The normalized spacial score (nSPS) is 22.9. The maximum atomic E-state index is 12.1. The van der Waals surface area contributed by atoms with Gasteiger partial charge < -0.3 is 4.90 Å². The van der Waals surface area contributed by atoms with Crippen molar-refractivity contribution in [3.8, 4) is 0 Å². The van der Waals surface area contributed by atoms with Gasteiger partial charge in [-0.1, -0.05) is 33.1 Å². The van der Waals surface area contributed by atoms with Crippen LogP contribution in [0.2, 0.25) is 0 Å². The molecule has 1 spiro atoms. The van der Waals surface area contributed by atoms with Gasteiger partial charge >= 0.3 is 6.03 Å². The molecule has 102 valence electrons. The van der Waals surface area contributed by atoms with Crippen molar-refractivity contribution in [2.75, 3.05) is 6.54 Å². The van der Waals surface area contributed by atoms with E-state index in [-0.39, 0.29) is 11.9 Å². The molecule has 2 fully saturated rings. The van der Waals surface area contributed by atoms with Gasteiger partial charge in [0.15, 0.2) is 0 Å². The summed E-state index contributed by atoms with van der Waals surface area (Å²) >= 11 is 0. The van der Waals surface area contributed by atoms with Crippen molar-refractivity contribution >= 4 is 11.9 Å². The van der Waals surface area contributed by atoms with Crippen LogP contribution < -0.4 is 5.32 Å². The number of nitrogens with one attached hydrogen (secondary N) is 1. The molecular weight excluding hydrogens is 228 g/mol. The lowest BCUT2D eigenvalue weighted by atomic mass is 9.80. The van der Waals surface area contributed by atoms with E-state index >= 15 is 0 Å². The molecule has 0 radical (unpaired) electrons. The van der Waals surface area contributed by atoms with Gasteiger partial charge in [0, 0.05) is 6.54 Å². The van der Waals surface area contributed by atoms with E-state index in [9.17, 15) is 9.59 Å². The third-order valence-corrected chi connectivity index (χ3v) is 4.25. The Hall–Kier alpha value is -1.06. The van der Waals surface area contributed by atoms with Crippen LogP contribution in [0.4, 0.5) is 4.79 Å². The lowest BCUT2D eigenvalue weighted by molar-refractivity contribution is -0.128. The van der Waals surface area contributed by atoms with Gasteiger partial charge in [0.25, 0.3) is 5.91 Å². The summed E-state index contributed by atoms with van der Waals surface area (Å²) in [4.78, 5) is 25.8. The molecule has 1 heterocycles. The minimum Gasteiger partial charge on any atom is -0.310 e. The third kappa shape index (κ3) is 2.38. The Morgan fingerprint density at radius 1 is 1.22 bits per heavy atom. The molecule has 1 saturated heterocycles. The van der Waals surface area contributed by atoms with Crippen molar-refractivity contribution < 1.29 is 9.59 Å². The van der Waals surface area contributed by atoms with E-state index in [1.165, 1.54) is 6.42 Å². The summed E-state index contributed by atoms with van der Waals surface area (Å²) in [6, 6.07) is -0.175. The summed E-state index contributed by atoms with van der Waals surface area (Å²) in [7, 11) is 0. The highest BCUT2D eigenvalue weighted by Gasteiger charge is 2.52. The van der Waals surface area contributed by atoms with Crippen LogP contribution in [0.5, 0.6) is 0 Å². The Bertz CT molecular complexity index is 333. The molecule has 0 bridgehead atoms. The first kappa shape index (κ1) is 13.4. The fraction of sp³-hybridized carbons (Fsp3) is 0.857. The number of urea groups is 1. The van der Waals surface area contributed by atoms with E-state index in [1.807, 2.05) is 4.90 Å². The van der Waals surface area contributed by atoms with Gasteiger partial charge in [-0.15, -0.1) is 0 Å². The molecule has 1 N–H and O–H groups in total. The Morgan fingerprint density at radius 3 is 2.50 bits per heavy atom. The number of rotatable bonds is 4. The lowest BCUT2D eigenvalue weighted by Gasteiger charge is -2.38. The van der Waals surface area contributed by atoms with Gasteiger partial charge in [-0.05, 0) is 31.6 Å². The van der Waals surface area contributed by atoms with Crippen molar-refractivity contribution in [3.05, 3.63) is 0 Å². The van der Waals surface area contributed by atoms with Crippen molar-refractivity contribution in [1.82, 2.24) is 10.2 Å². The minimum absolute atomic E-state index is 0.0586. The molecule has 0 atom stereocenters. The number of amides is 3. The average Bonchev–Trinajstić information content (AvgIpc) is 2.54. The number of hydrogen-bond donors (Lipinski definition) is 1. The van der Waals surface area contributed by atoms with Gasteiger partial charge in [0.2, 0.25) is 0 Å². The van der Waals surface area contributed by atoms with E-state index in [0.29, 0.717) is 5.92 Å². The second kappa shape index (κ2) is 5.29. The second-order valence-electron chi connectivity index (χ2n) is 6.04. The van der Waals surface area contributed by atoms with E-state index < -0.39 is 5.54 Å². The SMILES string of the molecule is CC(C)CCCN1C(=O)NC(=O)C12CCCCC2. The highest BCUT2D eigenvalue weighted by Crippen LogP contribution is 2.37. The van der Waals surface area contributed by atoms with Crippen LogP contribution in [0.3, 0.4) is 0 Å². The third-order valence-electron chi connectivity index (χ3n) is 4.25. The van der Waals surface area contributed by atoms with Crippen LogP contribution in [-0.2, 0) is 4.79 Å². The van der Waals surface area contributed by atoms with Crippen molar-refractivity contribution in [1.29, 1.82) is 0 Å². The van der Waals surface area contributed by atoms with Crippen molar-refractivity contribution in [2.45, 2.75) is 64.3 Å². The highest BCUT2D eigenvalue weighted by molar-refractivity contribution is 6.07. The fourth-order valence-corrected chi connectivity index (χ4v) is 3.20. The summed E-state index contributed by atoms with van der Waals surface area (Å²) < 4.78 is 0. The summed E-state index contributed by atoms with van der Waals surface area (Å²) in [5.41, 5.74) is -0.508. The van der Waals surface area contributed by atoms with Crippen LogP contribution in [-0.4, -0.2) is 28.9 Å². The molecule has 18 heavy (non-hydrogen) atoms. The maximum absolute atomic E-state index is 12.1. The molecule has 4 heteroatoms. The van der Waals surface area contributed by atoms with Crippen molar-refractivity contribution in [2.24, 2.45) is 5.92 Å². The molecular formula is C14H24N2O2. The predicted octanol–water partition coefficient (Wildman–Crippen LogP) is 2.68. The van der Waals surface area contributed by atoms with Gasteiger partial charge in [-0.25, -0.2) is 4.79 Å². The zero-order valence-corrected chi connectivity index (χ0v) is 11.5. The van der Waals surface area contributed by atoms with E-state index in [2.05, 4.69) is 19.2 Å². The Balaban J connectivity index is 2.04. The van der Waals surface area contributed by atoms with Gasteiger partial charge in [0.05, 0.1) is 0 Å². The first-order valence-corrected chi connectivity index (χ1v) is 7.19. The molecule has 0 aromatic rings. The lowest BCUT2D eigenvalue weighted by Crippen LogP contribution is -2.51. The van der Waals surface area contributed by atoms with Crippen LogP contribution >= 0.6 is 0 Å². The number of hydrogen-bond acceptors (Lipinski definition) is 2. The van der Waals surface area contributed by atoms with Crippen LogP contribution in [0.15, 0.2) is 0 Å².